The van der Waals surface area contributed by atoms with Gasteiger partial charge >= 0.3 is 0 Å². The van der Waals surface area contributed by atoms with E-state index in [0.717, 1.165) is 12.1 Å². The molecule has 1 amide bonds. The van der Waals surface area contributed by atoms with E-state index < -0.39 is 17.5 Å². The van der Waals surface area contributed by atoms with Gasteiger partial charge in [0.25, 0.3) is 5.91 Å². The van der Waals surface area contributed by atoms with E-state index in [1.807, 2.05) is 0 Å². The van der Waals surface area contributed by atoms with Gasteiger partial charge in [0.15, 0.2) is 0 Å². The topological polar surface area (TPSA) is 84.6 Å². The maximum atomic E-state index is 12.8. The minimum Gasteiger partial charge on any atom is -0.507 e. The second-order valence-electron chi connectivity index (χ2n) is 3.86. The van der Waals surface area contributed by atoms with Gasteiger partial charge in [-0.1, -0.05) is 0 Å². The lowest BCUT2D eigenvalue weighted by atomic mass is 10.1. The molecule has 0 bridgehead atoms. The molecule has 1 atom stereocenters. The van der Waals surface area contributed by atoms with Crippen LogP contribution in [0.15, 0.2) is 18.2 Å². The summed E-state index contributed by atoms with van der Waals surface area (Å²) < 4.78 is 17.7. The molecule has 18 heavy (non-hydrogen) atoms. The molecule has 0 aliphatic rings. The highest BCUT2D eigenvalue weighted by Crippen LogP contribution is 2.18. The van der Waals surface area contributed by atoms with Crippen LogP contribution in [-0.4, -0.2) is 37.3 Å². The average Bonchev–Trinajstić information content (AvgIpc) is 2.29. The molecule has 1 aromatic carbocycles. The minimum atomic E-state index is -0.598. The van der Waals surface area contributed by atoms with Crippen molar-refractivity contribution in [2.45, 2.75) is 12.5 Å². The maximum Gasteiger partial charge on any atom is 0.255 e. The number of phenols is 1. The van der Waals surface area contributed by atoms with Gasteiger partial charge in [0.1, 0.15) is 11.6 Å². The third kappa shape index (κ3) is 3.97. The Morgan fingerprint density at radius 1 is 1.61 bits per heavy atom. The maximum absolute atomic E-state index is 12.8. The van der Waals surface area contributed by atoms with Gasteiger partial charge in [0, 0.05) is 13.2 Å². The van der Waals surface area contributed by atoms with Crippen LogP contribution in [0, 0.1) is 5.82 Å². The molecule has 6 heteroatoms. The number of ether oxygens (including phenoxy) is 1. The second kappa shape index (κ2) is 6.93. The summed E-state index contributed by atoms with van der Waals surface area (Å²) in [5.74, 6) is -1.47. The number of methoxy groups -OCH3 is 1. The van der Waals surface area contributed by atoms with E-state index in [1.165, 1.54) is 13.2 Å². The quantitative estimate of drug-likeness (QED) is 0.696. The minimum absolute atomic E-state index is 0.0227. The number of phenolic OH excluding ortho intramolecular Hbond substituents is 1. The van der Waals surface area contributed by atoms with Crippen molar-refractivity contribution in [3.8, 4) is 5.75 Å². The van der Waals surface area contributed by atoms with Crippen molar-refractivity contribution >= 4 is 5.91 Å². The first-order valence-electron chi connectivity index (χ1n) is 5.57. The van der Waals surface area contributed by atoms with Crippen LogP contribution in [0.4, 0.5) is 4.39 Å². The lowest BCUT2D eigenvalue weighted by Gasteiger charge is -2.17. The van der Waals surface area contributed by atoms with Crippen molar-refractivity contribution in [3.05, 3.63) is 29.6 Å². The summed E-state index contributed by atoms with van der Waals surface area (Å²) in [6.45, 7) is 0.731. The highest BCUT2D eigenvalue weighted by atomic mass is 19.1. The van der Waals surface area contributed by atoms with Crippen molar-refractivity contribution in [1.29, 1.82) is 0 Å². The molecule has 1 unspecified atom stereocenters. The number of hydrogen-bond acceptors (Lipinski definition) is 4. The predicted molar refractivity (Wildman–Crippen MR) is 64.9 cm³/mol. The van der Waals surface area contributed by atoms with Gasteiger partial charge in [-0.25, -0.2) is 4.39 Å². The van der Waals surface area contributed by atoms with Crippen LogP contribution in [0.3, 0.4) is 0 Å². The highest BCUT2D eigenvalue weighted by Gasteiger charge is 2.16. The molecule has 0 heterocycles. The van der Waals surface area contributed by atoms with Gasteiger partial charge < -0.3 is 20.9 Å². The number of hydrogen-bond donors (Lipinski definition) is 3. The SMILES string of the molecule is COCC(CCN)NC(=O)c1ccc(F)cc1O. The Morgan fingerprint density at radius 2 is 2.33 bits per heavy atom. The normalized spacial score (nSPS) is 12.2. The molecule has 5 nitrogen and oxygen atoms in total. The number of nitrogens with one attached hydrogen (secondary N) is 1. The van der Waals surface area contributed by atoms with Crippen molar-refractivity contribution < 1.29 is 19.0 Å². The number of carbonyl (C=O) groups is 1. The Hall–Kier alpha value is -1.66. The summed E-state index contributed by atoms with van der Waals surface area (Å²) in [7, 11) is 1.52. The van der Waals surface area contributed by atoms with Gasteiger partial charge in [-0.15, -0.1) is 0 Å². The van der Waals surface area contributed by atoms with Crippen molar-refractivity contribution in [2.24, 2.45) is 5.73 Å². The van der Waals surface area contributed by atoms with Crippen LogP contribution in [0.5, 0.6) is 5.75 Å². The molecule has 4 N–H and O–H groups in total. The molecule has 0 spiro atoms. The van der Waals surface area contributed by atoms with Gasteiger partial charge in [0.05, 0.1) is 18.2 Å². The summed E-state index contributed by atoms with van der Waals surface area (Å²) in [4.78, 5) is 11.8. The zero-order valence-corrected chi connectivity index (χ0v) is 10.1. The predicted octanol–water partition coefficient (Wildman–Crippen LogP) is 0.625. The molecule has 0 saturated heterocycles. The molecular formula is C12H17FN2O3. The Balaban J connectivity index is 2.73. The average molecular weight is 256 g/mol. The van der Waals surface area contributed by atoms with E-state index in [2.05, 4.69) is 5.32 Å². The van der Waals surface area contributed by atoms with Crippen LogP contribution in [0.25, 0.3) is 0 Å². The molecule has 0 radical (unpaired) electrons. The molecule has 0 aromatic heterocycles. The molecule has 100 valence electrons. The molecule has 1 rings (SSSR count). The van der Waals surface area contributed by atoms with Gasteiger partial charge in [-0.05, 0) is 25.1 Å². The molecule has 0 aliphatic heterocycles. The van der Waals surface area contributed by atoms with Gasteiger partial charge in [-0.2, -0.15) is 0 Å². The largest absolute Gasteiger partial charge is 0.507 e. The summed E-state index contributed by atoms with van der Waals surface area (Å²) in [6.07, 6.45) is 0.557. The smallest absolute Gasteiger partial charge is 0.255 e. The number of rotatable bonds is 6. The fourth-order valence-corrected chi connectivity index (χ4v) is 1.56. The number of amides is 1. The van der Waals surface area contributed by atoms with Crippen molar-refractivity contribution in [2.75, 3.05) is 20.3 Å². The first-order chi connectivity index (χ1) is 8.58. The van der Waals surface area contributed by atoms with E-state index in [9.17, 15) is 14.3 Å². The van der Waals surface area contributed by atoms with E-state index in [1.54, 1.807) is 0 Å². The summed E-state index contributed by atoms with van der Waals surface area (Å²) in [6, 6.07) is 3.00. The molecule has 1 aromatic rings. The fourth-order valence-electron chi connectivity index (χ4n) is 1.56. The summed E-state index contributed by atoms with van der Waals surface area (Å²) in [5, 5.41) is 12.1. The third-order valence-corrected chi connectivity index (χ3v) is 2.42. The lowest BCUT2D eigenvalue weighted by Crippen LogP contribution is -2.39. The number of halogens is 1. The van der Waals surface area contributed by atoms with Crippen LogP contribution in [0.1, 0.15) is 16.8 Å². The van der Waals surface area contributed by atoms with E-state index in [-0.39, 0.29) is 11.6 Å². The Kier molecular flexibility index (Phi) is 5.54. The first-order valence-corrected chi connectivity index (χ1v) is 5.57. The number of aromatic hydroxyl groups is 1. The van der Waals surface area contributed by atoms with E-state index in [4.69, 9.17) is 10.5 Å². The third-order valence-electron chi connectivity index (χ3n) is 2.42. The fraction of sp³-hybridized carbons (Fsp3) is 0.417. The summed E-state index contributed by atoms with van der Waals surface area (Å²) >= 11 is 0. The number of benzene rings is 1. The molecule has 0 aliphatic carbocycles. The lowest BCUT2D eigenvalue weighted by molar-refractivity contribution is 0.0890. The summed E-state index contributed by atoms with van der Waals surface area (Å²) in [5.41, 5.74) is 5.44. The Bertz CT molecular complexity index is 406. The van der Waals surface area contributed by atoms with Crippen molar-refractivity contribution in [3.63, 3.8) is 0 Å². The number of nitrogens with two attached hydrogens (primary N) is 1. The van der Waals surface area contributed by atoms with E-state index in [0.29, 0.717) is 19.6 Å². The Labute approximate surface area is 105 Å². The van der Waals surface area contributed by atoms with Gasteiger partial charge in [0.2, 0.25) is 0 Å². The zero-order valence-electron chi connectivity index (χ0n) is 10.1. The highest BCUT2D eigenvalue weighted by molar-refractivity contribution is 5.96. The second-order valence-corrected chi connectivity index (χ2v) is 3.86. The van der Waals surface area contributed by atoms with Gasteiger partial charge in [-0.3, -0.25) is 4.79 Å². The van der Waals surface area contributed by atoms with E-state index >= 15 is 0 Å². The monoisotopic (exact) mass is 256 g/mol. The van der Waals surface area contributed by atoms with Crippen LogP contribution < -0.4 is 11.1 Å². The van der Waals surface area contributed by atoms with Crippen molar-refractivity contribution in [1.82, 2.24) is 5.32 Å². The van der Waals surface area contributed by atoms with Crippen LogP contribution in [0.2, 0.25) is 0 Å². The number of carbonyl (C=O) groups excluding carboxylic acids is 1. The van der Waals surface area contributed by atoms with Crippen LogP contribution >= 0.6 is 0 Å². The Morgan fingerprint density at radius 3 is 2.89 bits per heavy atom. The molecule has 0 fully saturated rings. The van der Waals surface area contributed by atoms with Crippen LogP contribution in [-0.2, 0) is 4.74 Å². The molecule has 0 saturated carbocycles. The zero-order chi connectivity index (χ0) is 13.5. The first kappa shape index (κ1) is 14.4. The standard InChI is InChI=1S/C12H17FN2O3/c1-18-7-9(4-5-14)15-12(17)10-3-2-8(13)6-11(10)16/h2-3,6,9,16H,4-5,7,14H2,1H3,(H,15,17). The molecular weight excluding hydrogens is 239 g/mol.